The minimum absolute atomic E-state index is 0.0850. The van der Waals surface area contributed by atoms with Crippen LogP contribution in [0.3, 0.4) is 0 Å². The van der Waals surface area contributed by atoms with Crippen LogP contribution in [0.2, 0.25) is 5.02 Å². The van der Waals surface area contributed by atoms with Crippen molar-refractivity contribution < 1.29 is 14.0 Å². The van der Waals surface area contributed by atoms with Gasteiger partial charge in [0.2, 0.25) is 0 Å². The Labute approximate surface area is 170 Å². The standard InChI is InChI=1S/C21H17ClFN3O3/c1-12-9-10-26(15-6-4-14(23)5-7-15)21(29)18(12)20(28)25-17-11-13(19(27)24-2)3-8-16(17)22/h3-11H,1-2H3,(H,24,27)(H,25,28). The number of nitrogens with one attached hydrogen (secondary N) is 2. The molecule has 2 N–H and O–H groups in total. The molecule has 2 aromatic carbocycles. The molecular weight excluding hydrogens is 397 g/mol. The largest absolute Gasteiger partial charge is 0.355 e. The maximum absolute atomic E-state index is 13.2. The van der Waals surface area contributed by atoms with Gasteiger partial charge in [-0.05, 0) is 61.0 Å². The van der Waals surface area contributed by atoms with Crippen LogP contribution in [0.1, 0.15) is 26.3 Å². The van der Waals surface area contributed by atoms with E-state index < -0.39 is 17.3 Å². The summed E-state index contributed by atoms with van der Waals surface area (Å²) in [6.45, 7) is 1.63. The molecule has 0 saturated carbocycles. The van der Waals surface area contributed by atoms with Crippen LogP contribution in [-0.4, -0.2) is 23.4 Å². The number of carbonyl (C=O) groups is 2. The summed E-state index contributed by atoms with van der Waals surface area (Å²) in [7, 11) is 1.49. The van der Waals surface area contributed by atoms with Crippen molar-refractivity contribution in [3.8, 4) is 5.69 Å². The zero-order valence-corrected chi connectivity index (χ0v) is 16.4. The number of pyridine rings is 1. The molecule has 148 valence electrons. The van der Waals surface area contributed by atoms with E-state index >= 15 is 0 Å². The van der Waals surface area contributed by atoms with E-state index in [1.54, 1.807) is 13.0 Å². The molecule has 1 aromatic heterocycles. The van der Waals surface area contributed by atoms with Crippen LogP contribution in [0.15, 0.2) is 59.5 Å². The highest BCUT2D eigenvalue weighted by Crippen LogP contribution is 2.24. The molecule has 29 heavy (non-hydrogen) atoms. The third-order valence-corrected chi connectivity index (χ3v) is 4.67. The van der Waals surface area contributed by atoms with Crippen molar-refractivity contribution in [3.63, 3.8) is 0 Å². The lowest BCUT2D eigenvalue weighted by Crippen LogP contribution is -2.29. The summed E-state index contributed by atoms with van der Waals surface area (Å²) < 4.78 is 14.4. The number of halogens is 2. The number of aromatic nitrogens is 1. The van der Waals surface area contributed by atoms with Gasteiger partial charge in [0.15, 0.2) is 0 Å². The first-order valence-corrected chi connectivity index (χ1v) is 9.01. The number of hydrogen-bond donors (Lipinski definition) is 2. The Hall–Kier alpha value is -3.45. The average molecular weight is 414 g/mol. The molecule has 3 aromatic rings. The van der Waals surface area contributed by atoms with Gasteiger partial charge in [0.05, 0.1) is 10.7 Å². The Balaban J connectivity index is 2.00. The molecule has 0 aliphatic rings. The smallest absolute Gasteiger partial charge is 0.268 e. The predicted octanol–water partition coefficient (Wildman–Crippen LogP) is 3.55. The molecule has 8 heteroatoms. The molecule has 0 aliphatic carbocycles. The lowest BCUT2D eigenvalue weighted by molar-refractivity contribution is 0.0961. The first-order valence-electron chi connectivity index (χ1n) is 8.63. The second-order valence-corrected chi connectivity index (χ2v) is 6.66. The van der Waals surface area contributed by atoms with Crippen LogP contribution in [0.25, 0.3) is 5.69 Å². The van der Waals surface area contributed by atoms with Crippen molar-refractivity contribution in [2.45, 2.75) is 6.92 Å². The number of benzene rings is 2. The van der Waals surface area contributed by atoms with Gasteiger partial charge in [-0.25, -0.2) is 4.39 Å². The molecule has 2 amide bonds. The second-order valence-electron chi connectivity index (χ2n) is 6.25. The van der Waals surface area contributed by atoms with Crippen molar-refractivity contribution >= 4 is 29.1 Å². The summed E-state index contributed by atoms with van der Waals surface area (Å²) in [5.41, 5.74) is 0.745. The van der Waals surface area contributed by atoms with Gasteiger partial charge >= 0.3 is 0 Å². The summed E-state index contributed by atoms with van der Waals surface area (Å²) >= 11 is 6.13. The minimum atomic E-state index is -0.667. The molecule has 0 aliphatic heterocycles. The number of aryl methyl sites for hydroxylation is 1. The Morgan fingerprint density at radius 1 is 1.03 bits per heavy atom. The molecule has 0 radical (unpaired) electrons. The predicted molar refractivity (Wildman–Crippen MR) is 110 cm³/mol. The third kappa shape index (κ3) is 4.20. The molecule has 0 saturated heterocycles. The topological polar surface area (TPSA) is 80.2 Å². The monoisotopic (exact) mass is 413 g/mol. The van der Waals surface area contributed by atoms with E-state index in [1.807, 2.05) is 0 Å². The van der Waals surface area contributed by atoms with E-state index in [2.05, 4.69) is 10.6 Å². The Kier molecular flexibility index (Phi) is 5.79. The lowest BCUT2D eigenvalue weighted by atomic mass is 10.1. The van der Waals surface area contributed by atoms with Crippen LogP contribution >= 0.6 is 11.6 Å². The van der Waals surface area contributed by atoms with Crippen LogP contribution < -0.4 is 16.2 Å². The summed E-state index contributed by atoms with van der Waals surface area (Å²) in [4.78, 5) is 37.6. The SMILES string of the molecule is CNC(=O)c1ccc(Cl)c(NC(=O)c2c(C)ccn(-c3ccc(F)cc3)c2=O)c1. The lowest BCUT2D eigenvalue weighted by Gasteiger charge is -2.13. The van der Waals surface area contributed by atoms with Gasteiger partial charge in [0, 0.05) is 24.5 Å². The van der Waals surface area contributed by atoms with Crippen molar-refractivity contribution in [3.05, 3.63) is 92.6 Å². The van der Waals surface area contributed by atoms with Gasteiger partial charge in [-0.2, -0.15) is 0 Å². The summed E-state index contributed by atoms with van der Waals surface area (Å²) in [5, 5.41) is 5.30. The number of amides is 2. The molecule has 1 heterocycles. The first-order chi connectivity index (χ1) is 13.8. The highest BCUT2D eigenvalue weighted by molar-refractivity contribution is 6.34. The van der Waals surface area contributed by atoms with Crippen molar-refractivity contribution in [2.75, 3.05) is 12.4 Å². The quantitative estimate of drug-likeness (QED) is 0.686. The molecular formula is C21H17ClFN3O3. The number of nitrogens with zero attached hydrogens (tertiary/aromatic N) is 1. The van der Waals surface area contributed by atoms with Crippen molar-refractivity contribution in [2.24, 2.45) is 0 Å². The van der Waals surface area contributed by atoms with Crippen LogP contribution in [0.4, 0.5) is 10.1 Å². The van der Waals surface area contributed by atoms with Crippen molar-refractivity contribution in [1.29, 1.82) is 0 Å². The van der Waals surface area contributed by atoms with E-state index in [0.29, 0.717) is 16.8 Å². The fourth-order valence-electron chi connectivity index (χ4n) is 2.80. The Morgan fingerprint density at radius 2 is 1.72 bits per heavy atom. The van der Waals surface area contributed by atoms with E-state index in [-0.39, 0.29) is 22.2 Å². The van der Waals surface area contributed by atoms with Gasteiger partial charge in [-0.3, -0.25) is 19.0 Å². The number of hydrogen-bond acceptors (Lipinski definition) is 3. The maximum atomic E-state index is 13.2. The Morgan fingerprint density at radius 3 is 2.38 bits per heavy atom. The summed E-state index contributed by atoms with van der Waals surface area (Å²) in [6.07, 6.45) is 1.51. The molecule has 0 fully saturated rings. The van der Waals surface area contributed by atoms with Gasteiger partial charge in [-0.15, -0.1) is 0 Å². The maximum Gasteiger partial charge on any atom is 0.268 e. The molecule has 3 rings (SSSR count). The van der Waals surface area contributed by atoms with Gasteiger partial charge in [-0.1, -0.05) is 11.6 Å². The zero-order chi connectivity index (χ0) is 21.1. The number of anilines is 1. The van der Waals surface area contributed by atoms with Gasteiger partial charge in [0.25, 0.3) is 17.4 Å². The van der Waals surface area contributed by atoms with E-state index in [9.17, 15) is 18.8 Å². The normalized spacial score (nSPS) is 10.5. The molecule has 6 nitrogen and oxygen atoms in total. The highest BCUT2D eigenvalue weighted by atomic mass is 35.5. The fourth-order valence-corrected chi connectivity index (χ4v) is 2.96. The molecule has 0 bridgehead atoms. The summed E-state index contributed by atoms with van der Waals surface area (Å²) in [6, 6.07) is 11.4. The highest BCUT2D eigenvalue weighted by Gasteiger charge is 2.18. The Bertz CT molecular complexity index is 1160. The zero-order valence-electron chi connectivity index (χ0n) is 15.6. The van der Waals surface area contributed by atoms with Gasteiger partial charge in [0.1, 0.15) is 11.4 Å². The van der Waals surface area contributed by atoms with Gasteiger partial charge < -0.3 is 10.6 Å². The second kappa shape index (κ2) is 8.28. The molecule has 0 atom stereocenters. The minimum Gasteiger partial charge on any atom is -0.355 e. The molecule has 0 unspecified atom stereocenters. The fraction of sp³-hybridized carbons (Fsp3) is 0.0952. The van der Waals surface area contributed by atoms with E-state index in [0.717, 1.165) is 0 Å². The first kappa shape index (κ1) is 20.3. The van der Waals surface area contributed by atoms with E-state index in [1.165, 1.54) is 60.3 Å². The van der Waals surface area contributed by atoms with Crippen molar-refractivity contribution in [1.82, 2.24) is 9.88 Å². The number of rotatable bonds is 4. The van der Waals surface area contributed by atoms with Crippen LogP contribution in [0, 0.1) is 12.7 Å². The van der Waals surface area contributed by atoms with E-state index in [4.69, 9.17) is 11.6 Å². The van der Waals surface area contributed by atoms with Crippen LogP contribution in [-0.2, 0) is 0 Å². The third-order valence-electron chi connectivity index (χ3n) is 4.34. The average Bonchev–Trinajstić information content (AvgIpc) is 2.70. The van der Waals surface area contributed by atoms with Crippen LogP contribution in [0.5, 0.6) is 0 Å². The number of carbonyl (C=O) groups excluding carboxylic acids is 2. The molecule has 0 spiro atoms. The summed E-state index contributed by atoms with van der Waals surface area (Å²) in [5.74, 6) is -1.44.